The van der Waals surface area contributed by atoms with Crippen LogP contribution in [0.2, 0.25) is 0 Å². The van der Waals surface area contributed by atoms with Crippen molar-refractivity contribution >= 4 is 15.9 Å². The summed E-state index contributed by atoms with van der Waals surface area (Å²) in [6.07, 6.45) is 4.70. The van der Waals surface area contributed by atoms with Gasteiger partial charge in [0.15, 0.2) is 0 Å². The molecule has 0 fully saturated rings. The van der Waals surface area contributed by atoms with E-state index in [0.29, 0.717) is 39.6 Å². The zero-order valence-electron chi connectivity index (χ0n) is 11.4. The summed E-state index contributed by atoms with van der Waals surface area (Å²) in [6, 6.07) is 0. The van der Waals surface area contributed by atoms with Gasteiger partial charge >= 0.3 is 0 Å². The lowest BCUT2D eigenvalue weighted by Crippen LogP contribution is -2.11. The monoisotopic (exact) mass is 325 g/mol. The first kappa shape index (κ1) is 18.3. The Labute approximate surface area is 119 Å². The normalized spacial score (nSPS) is 11.0. The fourth-order valence-corrected chi connectivity index (χ4v) is 1.61. The topological polar surface area (TPSA) is 36.9 Å². The molecular weight excluding hydrogens is 300 g/mol. The van der Waals surface area contributed by atoms with Crippen LogP contribution in [0.5, 0.6) is 0 Å². The number of rotatable bonds is 15. The molecule has 0 saturated heterocycles. The second-order valence-corrected chi connectivity index (χ2v) is 4.48. The van der Waals surface area contributed by atoms with E-state index in [1.807, 2.05) is 5.33 Å². The van der Waals surface area contributed by atoms with Crippen LogP contribution in [0.25, 0.3) is 0 Å². The van der Waals surface area contributed by atoms with E-state index >= 15 is 0 Å². The summed E-state index contributed by atoms with van der Waals surface area (Å²) in [5, 5.41) is 2.02. The summed E-state index contributed by atoms with van der Waals surface area (Å²) in [6.45, 7) is 4.64. The Morgan fingerprint density at radius 3 is 1.83 bits per heavy atom. The zero-order valence-corrected chi connectivity index (χ0v) is 13.0. The van der Waals surface area contributed by atoms with Gasteiger partial charge in [-0.15, -0.1) is 0 Å². The van der Waals surface area contributed by atoms with Gasteiger partial charge in [-0.3, -0.25) is 0 Å². The Balaban J connectivity index is 2.86. The van der Waals surface area contributed by atoms with Gasteiger partial charge in [0.05, 0.1) is 39.6 Å². The van der Waals surface area contributed by atoms with Crippen LogP contribution in [-0.4, -0.2) is 53.4 Å². The number of unbranched alkanes of at least 4 members (excludes halogenated alkanes) is 3. The van der Waals surface area contributed by atoms with E-state index in [2.05, 4.69) is 15.9 Å². The molecule has 0 bridgehead atoms. The third-order valence-corrected chi connectivity index (χ3v) is 2.74. The first-order chi connectivity index (χ1) is 8.91. The summed E-state index contributed by atoms with van der Waals surface area (Å²) in [5.74, 6) is 0. The number of methoxy groups -OCH3 is 1. The average Bonchev–Trinajstić information content (AvgIpc) is 2.39. The molecule has 0 aromatic heterocycles. The highest BCUT2D eigenvalue weighted by atomic mass is 79.9. The smallest absolute Gasteiger partial charge is 0.0701 e. The summed E-state index contributed by atoms with van der Waals surface area (Å²) in [4.78, 5) is 0. The lowest BCUT2D eigenvalue weighted by atomic mass is 10.2. The molecule has 0 atom stereocenters. The van der Waals surface area contributed by atoms with Gasteiger partial charge in [-0.05, 0) is 12.8 Å². The van der Waals surface area contributed by atoms with Gasteiger partial charge in [-0.2, -0.15) is 0 Å². The van der Waals surface area contributed by atoms with Crippen molar-refractivity contribution in [1.82, 2.24) is 0 Å². The summed E-state index contributed by atoms with van der Waals surface area (Å²) >= 11 is 3.30. The Hall–Kier alpha value is 0.320. The van der Waals surface area contributed by atoms with Crippen LogP contribution in [0, 0.1) is 5.33 Å². The summed E-state index contributed by atoms with van der Waals surface area (Å²) in [5.41, 5.74) is 0. The van der Waals surface area contributed by atoms with Gasteiger partial charge in [0, 0.05) is 19.0 Å². The molecule has 0 N–H and O–H groups in total. The SMILES string of the molecule is COCCOCCOCCOCCCCC[CH]Br. The molecule has 0 aliphatic heterocycles. The van der Waals surface area contributed by atoms with E-state index in [4.69, 9.17) is 18.9 Å². The van der Waals surface area contributed by atoms with E-state index in [1.54, 1.807) is 7.11 Å². The van der Waals surface area contributed by atoms with Gasteiger partial charge < -0.3 is 18.9 Å². The molecule has 0 unspecified atom stereocenters. The molecule has 109 valence electrons. The highest BCUT2D eigenvalue weighted by Gasteiger charge is 1.92. The van der Waals surface area contributed by atoms with Crippen molar-refractivity contribution in [2.24, 2.45) is 0 Å². The van der Waals surface area contributed by atoms with Crippen molar-refractivity contribution < 1.29 is 18.9 Å². The minimum atomic E-state index is 0.617. The molecule has 0 saturated carbocycles. The quantitative estimate of drug-likeness (QED) is 0.434. The van der Waals surface area contributed by atoms with E-state index < -0.39 is 0 Å². The van der Waals surface area contributed by atoms with Crippen LogP contribution in [0.15, 0.2) is 0 Å². The fraction of sp³-hybridized carbons (Fsp3) is 0.923. The fourth-order valence-electron chi connectivity index (χ4n) is 1.29. The number of halogens is 1. The molecular formula is C13H26BrO4. The Kier molecular flexibility index (Phi) is 17.6. The molecule has 18 heavy (non-hydrogen) atoms. The highest BCUT2D eigenvalue weighted by Crippen LogP contribution is 2.05. The molecule has 4 nitrogen and oxygen atoms in total. The van der Waals surface area contributed by atoms with Crippen LogP contribution < -0.4 is 0 Å². The van der Waals surface area contributed by atoms with Gasteiger partial charge in [-0.1, -0.05) is 28.8 Å². The average molecular weight is 326 g/mol. The van der Waals surface area contributed by atoms with Gasteiger partial charge in [0.1, 0.15) is 0 Å². The Morgan fingerprint density at radius 2 is 1.28 bits per heavy atom. The number of ether oxygens (including phenoxy) is 4. The predicted octanol–water partition coefficient (Wildman–Crippen LogP) is 2.80. The van der Waals surface area contributed by atoms with E-state index in [0.717, 1.165) is 19.4 Å². The molecule has 0 amide bonds. The summed E-state index contributed by atoms with van der Waals surface area (Å²) in [7, 11) is 1.66. The molecule has 5 heteroatoms. The van der Waals surface area contributed by atoms with E-state index in [1.165, 1.54) is 12.8 Å². The van der Waals surface area contributed by atoms with Crippen molar-refractivity contribution in [3.8, 4) is 0 Å². The van der Waals surface area contributed by atoms with Gasteiger partial charge in [0.2, 0.25) is 0 Å². The van der Waals surface area contributed by atoms with Crippen molar-refractivity contribution in [3.05, 3.63) is 5.33 Å². The lowest BCUT2D eigenvalue weighted by molar-refractivity contribution is 0.00325. The lowest BCUT2D eigenvalue weighted by Gasteiger charge is -2.06. The summed E-state index contributed by atoms with van der Waals surface area (Å²) < 4.78 is 20.9. The van der Waals surface area contributed by atoms with E-state index in [-0.39, 0.29) is 0 Å². The van der Waals surface area contributed by atoms with Gasteiger partial charge in [0.25, 0.3) is 0 Å². The highest BCUT2D eigenvalue weighted by molar-refractivity contribution is 9.10. The van der Waals surface area contributed by atoms with Crippen molar-refractivity contribution in [1.29, 1.82) is 0 Å². The largest absolute Gasteiger partial charge is 0.382 e. The molecule has 0 aliphatic carbocycles. The predicted molar refractivity (Wildman–Crippen MR) is 76.0 cm³/mol. The Bertz CT molecular complexity index is 131. The maximum Gasteiger partial charge on any atom is 0.0701 e. The maximum atomic E-state index is 5.45. The van der Waals surface area contributed by atoms with Crippen molar-refractivity contribution in [2.45, 2.75) is 25.7 Å². The molecule has 0 heterocycles. The number of hydrogen-bond donors (Lipinski definition) is 0. The second-order valence-electron chi connectivity index (χ2n) is 3.83. The van der Waals surface area contributed by atoms with Crippen LogP contribution in [0.4, 0.5) is 0 Å². The molecule has 0 aromatic rings. The molecule has 0 aliphatic rings. The Morgan fingerprint density at radius 1 is 0.722 bits per heavy atom. The molecule has 0 aromatic carbocycles. The third kappa shape index (κ3) is 16.3. The zero-order chi connectivity index (χ0) is 13.3. The third-order valence-electron chi connectivity index (χ3n) is 2.28. The van der Waals surface area contributed by atoms with Crippen molar-refractivity contribution in [2.75, 3.05) is 53.4 Å². The van der Waals surface area contributed by atoms with E-state index in [9.17, 15) is 0 Å². The number of hydrogen-bond acceptors (Lipinski definition) is 4. The first-order valence-electron chi connectivity index (χ1n) is 6.56. The first-order valence-corrected chi connectivity index (χ1v) is 7.47. The molecule has 0 spiro atoms. The molecule has 1 radical (unpaired) electrons. The van der Waals surface area contributed by atoms with Gasteiger partial charge in [-0.25, -0.2) is 0 Å². The van der Waals surface area contributed by atoms with Crippen LogP contribution in [0.1, 0.15) is 25.7 Å². The van der Waals surface area contributed by atoms with Crippen LogP contribution in [0.3, 0.4) is 0 Å². The maximum absolute atomic E-state index is 5.45. The van der Waals surface area contributed by atoms with Crippen LogP contribution in [-0.2, 0) is 18.9 Å². The standard InChI is InChI=1S/C13H26BrO4/c1-15-8-9-17-12-13-18-11-10-16-7-5-3-2-4-6-14/h6H,2-5,7-13H2,1H3. The minimum absolute atomic E-state index is 0.617. The van der Waals surface area contributed by atoms with Crippen LogP contribution >= 0.6 is 15.9 Å². The minimum Gasteiger partial charge on any atom is -0.382 e. The van der Waals surface area contributed by atoms with Crippen molar-refractivity contribution in [3.63, 3.8) is 0 Å². The molecule has 0 rings (SSSR count). The second kappa shape index (κ2) is 17.3.